The normalized spacial score (nSPS) is 10.5. The molecule has 0 aliphatic rings. The average molecular weight is 268 g/mol. The Kier molecular flexibility index (Phi) is 3.60. The summed E-state index contributed by atoms with van der Waals surface area (Å²) in [4.78, 5) is 1.82. The van der Waals surface area contributed by atoms with Crippen LogP contribution in [0.1, 0.15) is 5.56 Å². The lowest BCUT2D eigenvalue weighted by molar-refractivity contribution is 0.618. The molecule has 0 bridgehead atoms. The first-order valence-electron chi connectivity index (χ1n) is 5.05. The number of rotatable bonds is 2. The zero-order chi connectivity index (χ0) is 12.4. The van der Waals surface area contributed by atoms with E-state index < -0.39 is 0 Å². The Balaban J connectivity index is 2.33. The minimum absolute atomic E-state index is 0.280. The van der Waals surface area contributed by atoms with E-state index in [1.807, 2.05) is 24.3 Å². The molecule has 0 radical (unpaired) electrons. The van der Waals surface area contributed by atoms with Crippen LogP contribution >= 0.6 is 23.4 Å². The van der Waals surface area contributed by atoms with E-state index in [1.165, 1.54) is 17.8 Å². The summed E-state index contributed by atoms with van der Waals surface area (Å²) in [6.45, 7) is 1.72. The van der Waals surface area contributed by atoms with Crippen molar-refractivity contribution in [1.29, 1.82) is 0 Å². The number of hydrogen-bond donors (Lipinski definition) is 1. The van der Waals surface area contributed by atoms with Crippen molar-refractivity contribution < 1.29 is 4.39 Å². The van der Waals surface area contributed by atoms with Gasteiger partial charge in [-0.15, -0.1) is 0 Å². The number of halogens is 2. The maximum atomic E-state index is 13.3. The molecule has 0 fully saturated rings. The predicted molar refractivity (Wildman–Crippen MR) is 71.1 cm³/mol. The summed E-state index contributed by atoms with van der Waals surface area (Å²) in [7, 11) is 0. The molecule has 0 atom stereocenters. The number of benzene rings is 2. The number of aryl methyl sites for hydroxylation is 1. The summed E-state index contributed by atoms with van der Waals surface area (Å²) in [5, 5.41) is 0.674. The van der Waals surface area contributed by atoms with Crippen LogP contribution in [-0.2, 0) is 0 Å². The first-order valence-corrected chi connectivity index (χ1v) is 6.25. The standard InChI is InChI=1S/C13H11ClFNS/c1-8-5-13(12(16)7-11(8)15)17-10-4-2-3-9(14)6-10/h2-7H,16H2,1H3. The monoisotopic (exact) mass is 267 g/mol. The van der Waals surface area contributed by atoms with E-state index in [2.05, 4.69) is 0 Å². The van der Waals surface area contributed by atoms with E-state index in [0.717, 1.165) is 9.79 Å². The molecule has 4 heteroatoms. The van der Waals surface area contributed by atoms with Crippen molar-refractivity contribution in [3.63, 3.8) is 0 Å². The van der Waals surface area contributed by atoms with Gasteiger partial charge in [0.2, 0.25) is 0 Å². The van der Waals surface area contributed by atoms with Crippen LogP contribution in [0.25, 0.3) is 0 Å². The molecule has 2 aromatic rings. The van der Waals surface area contributed by atoms with E-state index in [1.54, 1.807) is 13.0 Å². The first kappa shape index (κ1) is 12.3. The molecule has 17 heavy (non-hydrogen) atoms. The predicted octanol–water partition coefficient (Wildman–Crippen LogP) is 4.52. The van der Waals surface area contributed by atoms with Crippen molar-refractivity contribution >= 4 is 29.1 Å². The molecule has 1 nitrogen and oxygen atoms in total. The van der Waals surface area contributed by atoms with E-state index >= 15 is 0 Å². The zero-order valence-electron chi connectivity index (χ0n) is 9.21. The lowest BCUT2D eigenvalue weighted by Crippen LogP contribution is -1.92. The third-order valence-electron chi connectivity index (χ3n) is 2.31. The first-order chi connectivity index (χ1) is 8.06. The molecule has 2 rings (SSSR count). The van der Waals surface area contributed by atoms with Crippen LogP contribution in [0.2, 0.25) is 5.02 Å². The van der Waals surface area contributed by atoms with Gasteiger partial charge in [-0.25, -0.2) is 4.39 Å². The molecule has 0 aliphatic carbocycles. The highest BCUT2D eigenvalue weighted by molar-refractivity contribution is 7.99. The van der Waals surface area contributed by atoms with E-state index in [0.29, 0.717) is 16.3 Å². The molecule has 0 heterocycles. The van der Waals surface area contributed by atoms with Gasteiger partial charge in [-0.3, -0.25) is 0 Å². The van der Waals surface area contributed by atoms with Crippen molar-refractivity contribution in [2.24, 2.45) is 0 Å². The number of nitrogen functional groups attached to an aromatic ring is 1. The molecule has 2 N–H and O–H groups in total. The van der Waals surface area contributed by atoms with E-state index in [4.69, 9.17) is 17.3 Å². The Morgan fingerprint density at radius 1 is 1.24 bits per heavy atom. The minimum Gasteiger partial charge on any atom is -0.398 e. The second-order valence-corrected chi connectivity index (χ2v) is 5.25. The molecule has 0 saturated heterocycles. The van der Waals surface area contributed by atoms with Crippen molar-refractivity contribution in [2.45, 2.75) is 16.7 Å². The van der Waals surface area contributed by atoms with Gasteiger partial charge in [0.1, 0.15) is 5.82 Å². The number of nitrogens with two attached hydrogens (primary N) is 1. The molecular weight excluding hydrogens is 257 g/mol. The molecule has 0 amide bonds. The molecule has 0 saturated carbocycles. The van der Waals surface area contributed by atoms with Crippen molar-refractivity contribution in [1.82, 2.24) is 0 Å². The molecule has 0 aliphatic heterocycles. The quantitative estimate of drug-likeness (QED) is 0.810. The summed E-state index contributed by atoms with van der Waals surface area (Å²) in [5.74, 6) is -0.280. The highest BCUT2D eigenvalue weighted by Gasteiger charge is 2.06. The Hall–Kier alpha value is -1.19. The summed E-state index contributed by atoms with van der Waals surface area (Å²) in [5.41, 5.74) is 6.81. The topological polar surface area (TPSA) is 26.0 Å². The largest absolute Gasteiger partial charge is 0.398 e. The number of anilines is 1. The van der Waals surface area contributed by atoms with E-state index in [-0.39, 0.29) is 5.82 Å². The van der Waals surface area contributed by atoms with Gasteiger partial charge in [0.05, 0.1) is 0 Å². The third kappa shape index (κ3) is 2.93. The summed E-state index contributed by atoms with van der Waals surface area (Å²) in [6, 6.07) is 10.6. The van der Waals surface area contributed by atoms with Crippen LogP contribution in [0.3, 0.4) is 0 Å². The average Bonchev–Trinajstić information content (AvgIpc) is 2.26. The van der Waals surface area contributed by atoms with Crippen LogP contribution in [0.15, 0.2) is 46.2 Å². The maximum absolute atomic E-state index is 13.3. The van der Waals surface area contributed by atoms with Gasteiger partial charge in [-0.05, 0) is 42.8 Å². The lowest BCUT2D eigenvalue weighted by Gasteiger charge is -2.07. The van der Waals surface area contributed by atoms with Gasteiger partial charge in [0.25, 0.3) is 0 Å². The van der Waals surface area contributed by atoms with Gasteiger partial charge >= 0.3 is 0 Å². The molecule has 0 aromatic heterocycles. The lowest BCUT2D eigenvalue weighted by atomic mass is 10.2. The highest BCUT2D eigenvalue weighted by atomic mass is 35.5. The molecule has 0 spiro atoms. The third-order valence-corrected chi connectivity index (χ3v) is 3.61. The Bertz CT molecular complexity index is 557. The van der Waals surface area contributed by atoms with Gasteiger partial charge in [-0.1, -0.05) is 29.4 Å². The fourth-order valence-corrected chi connectivity index (χ4v) is 2.67. The van der Waals surface area contributed by atoms with Crippen LogP contribution in [0.5, 0.6) is 0 Å². The van der Waals surface area contributed by atoms with Crippen molar-refractivity contribution in [3.05, 3.63) is 52.8 Å². The van der Waals surface area contributed by atoms with Crippen LogP contribution in [0.4, 0.5) is 10.1 Å². The van der Waals surface area contributed by atoms with Crippen LogP contribution in [0, 0.1) is 12.7 Å². The Morgan fingerprint density at radius 2 is 2.00 bits per heavy atom. The fraction of sp³-hybridized carbons (Fsp3) is 0.0769. The SMILES string of the molecule is Cc1cc(Sc2cccc(Cl)c2)c(N)cc1F. The minimum atomic E-state index is -0.280. The Labute approximate surface area is 109 Å². The summed E-state index contributed by atoms with van der Waals surface area (Å²) < 4.78 is 13.3. The second kappa shape index (κ2) is 4.98. The van der Waals surface area contributed by atoms with Gasteiger partial charge < -0.3 is 5.73 Å². The van der Waals surface area contributed by atoms with Crippen molar-refractivity contribution in [2.75, 3.05) is 5.73 Å². The molecule has 0 unspecified atom stereocenters. The molecule has 88 valence electrons. The van der Waals surface area contributed by atoms with Crippen LogP contribution in [-0.4, -0.2) is 0 Å². The van der Waals surface area contributed by atoms with Gasteiger partial charge in [0, 0.05) is 20.5 Å². The molecule has 2 aromatic carbocycles. The highest BCUT2D eigenvalue weighted by Crippen LogP contribution is 2.34. The Morgan fingerprint density at radius 3 is 2.71 bits per heavy atom. The second-order valence-electron chi connectivity index (χ2n) is 3.70. The van der Waals surface area contributed by atoms with E-state index in [9.17, 15) is 4.39 Å². The maximum Gasteiger partial charge on any atom is 0.128 e. The summed E-state index contributed by atoms with van der Waals surface area (Å²) >= 11 is 7.38. The van der Waals surface area contributed by atoms with Gasteiger partial charge in [0.15, 0.2) is 0 Å². The summed E-state index contributed by atoms with van der Waals surface area (Å²) in [6.07, 6.45) is 0. The zero-order valence-corrected chi connectivity index (χ0v) is 10.8. The van der Waals surface area contributed by atoms with Crippen molar-refractivity contribution in [3.8, 4) is 0 Å². The molecular formula is C13H11ClFNS. The fourth-order valence-electron chi connectivity index (χ4n) is 1.42. The van der Waals surface area contributed by atoms with Gasteiger partial charge in [-0.2, -0.15) is 0 Å². The smallest absolute Gasteiger partial charge is 0.128 e. The number of hydrogen-bond acceptors (Lipinski definition) is 2. The van der Waals surface area contributed by atoms with Crippen LogP contribution < -0.4 is 5.73 Å².